The molecule has 2 heterocycles. The first-order valence-electron chi connectivity index (χ1n) is 3.36. The lowest BCUT2D eigenvalue weighted by Crippen LogP contribution is -2.67. The van der Waals surface area contributed by atoms with Crippen molar-refractivity contribution in [3.8, 4) is 0 Å². The van der Waals surface area contributed by atoms with Gasteiger partial charge in [0.15, 0.2) is 0 Å². The first kappa shape index (κ1) is 8.62. The topological polar surface area (TPSA) is 41.6 Å². The minimum Gasteiger partial charge on any atom is -0.447 e. The molecule has 0 radical (unpaired) electrons. The number of halogens is 1. The molecule has 0 aromatic rings. The fraction of sp³-hybridized carbons (Fsp3) is 0.833. The predicted molar refractivity (Wildman–Crippen MR) is 42.0 cm³/mol. The minimum absolute atomic E-state index is 0. The highest BCUT2D eigenvalue weighted by molar-refractivity contribution is 5.85. The lowest BCUT2D eigenvalue weighted by molar-refractivity contribution is 0.126. The molecule has 0 aromatic heterocycles. The monoisotopic (exact) mass is 178 g/mol. The highest BCUT2D eigenvalue weighted by Gasteiger charge is 2.49. The van der Waals surface area contributed by atoms with Gasteiger partial charge in [-0.1, -0.05) is 0 Å². The van der Waals surface area contributed by atoms with E-state index in [4.69, 9.17) is 4.74 Å². The van der Waals surface area contributed by atoms with E-state index >= 15 is 0 Å². The number of carbonyl (C=O) groups is 1. The number of cyclic esters (lactones) is 1. The van der Waals surface area contributed by atoms with Gasteiger partial charge in [-0.2, -0.15) is 0 Å². The van der Waals surface area contributed by atoms with Crippen LogP contribution in [-0.4, -0.2) is 43.3 Å². The average molecular weight is 179 g/mol. The van der Waals surface area contributed by atoms with Crippen LogP contribution in [0.15, 0.2) is 0 Å². The Hall–Kier alpha value is -0.480. The van der Waals surface area contributed by atoms with Crippen LogP contribution >= 0.6 is 12.4 Å². The summed E-state index contributed by atoms with van der Waals surface area (Å²) >= 11 is 0. The zero-order valence-corrected chi connectivity index (χ0v) is 7.11. The summed E-state index contributed by atoms with van der Waals surface area (Å²) in [6.45, 7) is 2.29. The Morgan fingerprint density at radius 2 is 2.27 bits per heavy atom. The van der Waals surface area contributed by atoms with Gasteiger partial charge in [0, 0.05) is 20.1 Å². The van der Waals surface area contributed by atoms with E-state index in [0.717, 1.165) is 13.1 Å². The lowest BCUT2D eigenvalue weighted by atomic mass is 9.93. The van der Waals surface area contributed by atoms with Gasteiger partial charge in [0.05, 0.1) is 0 Å². The summed E-state index contributed by atoms with van der Waals surface area (Å²) in [5.74, 6) is 0. The molecule has 0 saturated carbocycles. The Morgan fingerprint density at radius 3 is 2.45 bits per heavy atom. The molecule has 0 aromatic carbocycles. The molecule has 64 valence electrons. The predicted octanol–water partition coefficient (Wildman–Crippen LogP) is -0.168. The Kier molecular flexibility index (Phi) is 1.98. The van der Waals surface area contributed by atoms with Crippen molar-refractivity contribution in [1.29, 1.82) is 0 Å². The average Bonchev–Trinajstić information content (AvgIpc) is 2.10. The molecule has 2 rings (SSSR count). The first-order valence-corrected chi connectivity index (χ1v) is 3.36. The molecule has 1 N–H and O–H groups in total. The van der Waals surface area contributed by atoms with E-state index in [0.29, 0.717) is 6.61 Å². The van der Waals surface area contributed by atoms with Gasteiger partial charge >= 0.3 is 6.09 Å². The summed E-state index contributed by atoms with van der Waals surface area (Å²) in [6.07, 6.45) is -0.193. The standard InChI is InChI=1S/C6H10N2O2.ClH/c1-8-5(9)10-4-6(8)2-7-3-6;/h7H,2-4H2,1H3;1H. The van der Waals surface area contributed by atoms with Gasteiger partial charge in [0.2, 0.25) is 0 Å². The van der Waals surface area contributed by atoms with Crippen LogP contribution in [-0.2, 0) is 4.74 Å². The highest BCUT2D eigenvalue weighted by Crippen LogP contribution is 2.25. The van der Waals surface area contributed by atoms with Gasteiger partial charge in [-0.05, 0) is 0 Å². The third-order valence-electron chi connectivity index (χ3n) is 2.36. The molecule has 1 spiro atoms. The van der Waals surface area contributed by atoms with Crippen LogP contribution in [0, 0.1) is 0 Å². The van der Waals surface area contributed by atoms with Gasteiger partial charge in [0.25, 0.3) is 0 Å². The van der Waals surface area contributed by atoms with Crippen molar-refractivity contribution < 1.29 is 9.53 Å². The zero-order valence-electron chi connectivity index (χ0n) is 6.29. The molecule has 5 heteroatoms. The number of hydrogen-bond donors (Lipinski definition) is 1. The van der Waals surface area contributed by atoms with Gasteiger partial charge in [0.1, 0.15) is 12.1 Å². The zero-order chi connectivity index (χ0) is 7.19. The number of ether oxygens (including phenoxy) is 1. The normalized spacial score (nSPS) is 25.9. The van der Waals surface area contributed by atoms with Crippen LogP contribution in [0.25, 0.3) is 0 Å². The number of nitrogens with zero attached hydrogens (tertiary/aromatic N) is 1. The Morgan fingerprint density at radius 1 is 1.64 bits per heavy atom. The molecule has 0 unspecified atom stereocenters. The van der Waals surface area contributed by atoms with Crippen LogP contribution in [0.5, 0.6) is 0 Å². The summed E-state index contributed by atoms with van der Waals surface area (Å²) in [5, 5.41) is 3.12. The molecule has 0 bridgehead atoms. The van der Waals surface area contributed by atoms with Gasteiger partial charge < -0.3 is 10.1 Å². The van der Waals surface area contributed by atoms with Crippen molar-refractivity contribution in [3.05, 3.63) is 0 Å². The second kappa shape index (κ2) is 2.53. The van der Waals surface area contributed by atoms with Crippen molar-refractivity contribution >= 4 is 18.5 Å². The molecule has 2 fully saturated rings. The molecular formula is C6H11ClN2O2. The molecule has 0 atom stereocenters. The summed E-state index contributed by atoms with van der Waals surface area (Å²) < 4.78 is 4.87. The van der Waals surface area contributed by atoms with Crippen molar-refractivity contribution in [2.45, 2.75) is 5.54 Å². The van der Waals surface area contributed by atoms with Gasteiger partial charge in [-0.25, -0.2) is 4.79 Å². The van der Waals surface area contributed by atoms with E-state index in [1.54, 1.807) is 11.9 Å². The summed E-state index contributed by atoms with van der Waals surface area (Å²) in [7, 11) is 1.79. The molecule has 2 saturated heterocycles. The SMILES string of the molecule is CN1C(=O)OCC12CNC2.Cl. The molecule has 2 aliphatic heterocycles. The maximum absolute atomic E-state index is 10.9. The fourth-order valence-electron chi connectivity index (χ4n) is 1.34. The largest absolute Gasteiger partial charge is 0.447 e. The molecule has 0 aliphatic carbocycles. The second-order valence-electron chi connectivity index (χ2n) is 2.94. The van der Waals surface area contributed by atoms with E-state index in [1.165, 1.54) is 0 Å². The number of hydrogen-bond acceptors (Lipinski definition) is 3. The number of amides is 1. The fourth-order valence-corrected chi connectivity index (χ4v) is 1.34. The number of likely N-dealkylation sites (N-methyl/N-ethyl adjacent to an activating group) is 1. The maximum Gasteiger partial charge on any atom is 0.410 e. The van der Waals surface area contributed by atoms with Crippen LogP contribution in [0.4, 0.5) is 4.79 Å². The van der Waals surface area contributed by atoms with Crippen LogP contribution in [0.1, 0.15) is 0 Å². The maximum atomic E-state index is 10.9. The van der Waals surface area contributed by atoms with E-state index in [-0.39, 0.29) is 24.0 Å². The molecule has 4 nitrogen and oxygen atoms in total. The minimum atomic E-state index is -0.193. The summed E-state index contributed by atoms with van der Waals surface area (Å²) in [5.41, 5.74) is -0.00289. The smallest absolute Gasteiger partial charge is 0.410 e. The molecule has 11 heavy (non-hydrogen) atoms. The van der Waals surface area contributed by atoms with Crippen molar-refractivity contribution in [2.24, 2.45) is 0 Å². The van der Waals surface area contributed by atoms with Crippen LogP contribution in [0.3, 0.4) is 0 Å². The van der Waals surface area contributed by atoms with Crippen LogP contribution < -0.4 is 5.32 Å². The molecule has 1 amide bonds. The Balaban J connectivity index is 0.000000605. The Bertz CT molecular complexity index is 181. The third kappa shape index (κ3) is 0.973. The van der Waals surface area contributed by atoms with Crippen molar-refractivity contribution in [2.75, 3.05) is 26.7 Å². The number of rotatable bonds is 0. The van der Waals surface area contributed by atoms with E-state index in [9.17, 15) is 4.79 Å². The first-order chi connectivity index (χ1) is 4.75. The third-order valence-corrected chi connectivity index (χ3v) is 2.36. The Labute approximate surface area is 71.3 Å². The van der Waals surface area contributed by atoms with Crippen molar-refractivity contribution in [1.82, 2.24) is 10.2 Å². The molecule has 2 aliphatic rings. The number of carbonyl (C=O) groups excluding carboxylic acids is 1. The summed E-state index contributed by atoms with van der Waals surface area (Å²) in [4.78, 5) is 12.5. The van der Waals surface area contributed by atoms with Gasteiger partial charge in [-0.15, -0.1) is 12.4 Å². The van der Waals surface area contributed by atoms with E-state index in [2.05, 4.69) is 5.32 Å². The quantitative estimate of drug-likeness (QED) is 0.560. The second-order valence-corrected chi connectivity index (χ2v) is 2.94. The molecular weight excluding hydrogens is 168 g/mol. The van der Waals surface area contributed by atoms with Crippen LogP contribution in [0.2, 0.25) is 0 Å². The van der Waals surface area contributed by atoms with E-state index in [1.807, 2.05) is 0 Å². The van der Waals surface area contributed by atoms with E-state index < -0.39 is 0 Å². The van der Waals surface area contributed by atoms with Gasteiger partial charge in [-0.3, -0.25) is 4.90 Å². The number of nitrogens with one attached hydrogen (secondary N) is 1. The highest BCUT2D eigenvalue weighted by atomic mass is 35.5. The summed E-state index contributed by atoms with van der Waals surface area (Å²) in [6, 6.07) is 0. The lowest BCUT2D eigenvalue weighted by Gasteiger charge is -2.41. The van der Waals surface area contributed by atoms with Crippen molar-refractivity contribution in [3.63, 3.8) is 0 Å².